The van der Waals surface area contributed by atoms with Crippen molar-refractivity contribution in [2.75, 3.05) is 33.3 Å². The highest BCUT2D eigenvalue weighted by Crippen LogP contribution is 2.19. The quantitative estimate of drug-likeness (QED) is 0.841. The minimum atomic E-state index is 0. The lowest BCUT2D eigenvalue weighted by Crippen LogP contribution is -2.38. The van der Waals surface area contributed by atoms with Crippen molar-refractivity contribution in [1.82, 2.24) is 4.90 Å². The third kappa shape index (κ3) is 6.60. The summed E-state index contributed by atoms with van der Waals surface area (Å²) in [5, 5.41) is 0. The summed E-state index contributed by atoms with van der Waals surface area (Å²) in [6, 6.07) is 6.31. The molecule has 0 amide bonds. The highest BCUT2D eigenvalue weighted by molar-refractivity contribution is 5.85. The van der Waals surface area contributed by atoms with E-state index in [0.29, 0.717) is 13.2 Å². The van der Waals surface area contributed by atoms with Crippen LogP contribution in [0.5, 0.6) is 5.75 Å². The maximum absolute atomic E-state index is 5.86. The van der Waals surface area contributed by atoms with E-state index in [9.17, 15) is 0 Å². The molecule has 0 aliphatic rings. The summed E-state index contributed by atoms with van der Waals surface area (Å²) in [5.74, 6) is 0.992. The van der Waals surface area contributed by atoms with E-state index in [1.54, 1.807) is 0 Å². The molecule has 0 saturated carbocycles. The van der Waals surface area contributed by atoms with Gasteiger partial charge in [-0.3, -0.25) is 0 Å². The molecule has 1 aromatic rings. The van der Waals surface area contributed by atoms with E-state index in [1.165, 1.54) is 11.1 Å². The third-order valence-corrected chi connectivity index (χ3v) is 3.32. The van der Waals surface area contributed by atoms with Crippen molar-refractivity contribution in [3.8, 4) is 5.75 Å². The van der Waals surface area contributed by atoms with Crippen LogP contribution in [-0.2, 0) is 0 Å². The minimum Gasteiger partial charge on any atom is -0.492 e. The summed E-state index contributed by atoms with van der Waals surface area (Å²) in [7, 11) is 2.11. The van der Waals surface area contributed by atoms with Gasteiger partial charge >= 0.3 is 0 Å². The molecule has 4 heteroatoms. The Morgan fingerprint density at radius 3 is 2.50 bits per heavy atom. The van der Waals surface area contributed by atoms with Gasteiger partial charge in [-0.1, -0.05) is 26.0 Å². The van der Waals surface area contributed by atoms with Crippen molar-refractivity contribution >= 4 is 12.4 Å². The Hall–Kier alpha value is -0.770. The first-order valence-corrected chi connectivity index (χ1v) is 6.93. The van der Waals surface area contributed by atoms with E-state index in [2.05, 4.69) is 57.8 Å². The summed E-state index contributed by atoms with van der Waals surface area (Å²) in [5.41, 5.74) is 8.34. The van der Waals surface area contributed by atoms with Crippen LogP contribution in [0.3, 0.4) is 0 Å². The SMILES string of the molecule is Cc1ccc(C)c(OCCN(C)CC(C)(C)CN)c1.Cl. The lowest BCUT2D eigenvalue weighted by atomic mass is 9.93. The van der Waals surface area contributed by atoms with Gasteiger partial charge in [-0.25, -0.2) is 0 Å². The van der Waals surface area contributed by atoms with Crippen LogP contribution < -0.4 is 10.5 Å². The molecule has 0 radical (unpaired) electrons. The van der Waals surface area contributed by atoms with Gasteiger partial charge in [-0.15, -0.1) is 12.4 Å². The van der Waals surface area contributed by atoms with Gasteiger partial charge in [0.05, 0.1) is 0 Å². The number of nitrogens with zero attached hydrogens (tertiary/aromatic N) is 1. The van der Waals surface area contributed by atoms with E-state index in [4.69, 9.17) is 10.5 Å². The van der Waals surface area contributed by atoms with Gasteiger partial charge in [0.2, 0.25) is 0 Å². The number of benzene rings is 1. The molecule has 0 spiro atoms. The molecule has 0 atom stereocenters. The smallest absolute Gasteiger partial charge is 0.122 e. The molecule has 1 aromatic carbocycles. The topological polar surface area (TPSA) is 38.5 Å². The summed E-state index contributed by atoms with van der Waals surface area (Å²) in [6.45, 7) is 11.9. The molecule has 2 N–H and O–H groups in total. The standard InChI is InChI=1S/C16H28N2O.ClH/c1-13-6-7-14(2)15(10-13)19-9-8-18(5)12-16(3,4)11-17;/h6-7,10H,8-9,11-12,17H2,1-5H3;1H. The average Bonchev–Trinajstić information content (AvgIpc) is 2.33. The molecule has 116 valence electrons. The number of hydrogen-bond donors (Lipinski definition) is 1. The van der Waals surface area contributed by atoms with Crippen molar-refractivity contribution in [3.63, 3.8) is 0 Å². The van der Waals surface area contributed by atoms with E-state index in [1.807, 2.05) is 0 Å². The summed E-state index contributed by atoms with van der Waals surface area (Å²) >= 11 is 0. The molecule has 20 heavy (non-hydrogen) atoms. The normalized spacial score (nSPS) is 11.3. The van der Waals surface area contributed by atoms with Crippen LogP contribution in [-0.4, -0.2) is 38.2 Å². The Morgan fingerprint density at radius 1 is 1.25 bits per heavy atom. The zero-order chi connectivity index (χ0) is 14.5. The van der Waals surface area contributed by atoms with Crippen LogP contribution >= 0.6 is 12.4 Å². The van der Waals surface area contributed by atoms with Crippen LogP contribution in [0.2, 0.25) is 0 Å². The maximum Gasteiger partial charge on any atom is 0.122 e. The summed E-state index contributed by atoms with van der Waals surface area (Å²) < 4.78 is 5.86. The lowest BCUT2D eigenvalue weighted by molar-refractivity contribution is 0.181. The number of nitrogens with two attached hydrogens (primary N) is 1. The molecular weight excluding hydrogens is 272 g/mol. The van der Waals surface area contributed by atoms with Crippen molar-refractivity contribution in [2.45, 2.75) is 27.7 Å². The molecule has 0 unspecified atom stereocenters. The molecule has 0 bridgehead atoms. The highest BCUT2D eigenvalue weighted by atomic mass is 35.5. The monoisotopic (exact) mass is 300 g/mol. The van der Waals surface area contributed by atoms with Gasteiger partial charge in [0.25, 0.3) is 0 Å². The maximum atomic E-state index is 5.86. The largest absolute Gasteiger partial charge is 0.492 e. The Kier molecular flexibility index (Phi) is 8.17. The number of likely N-dealkylation sites (N-methyl/N-ethyl adjacent to an activating group) is 1. The molecule has 0 aromatic heterocycles. The van der Waals surface area contributed by atoms with Crippen molar-refractivity contribution < 1.29 is 4.74 Å². The van der Waals surface area contributed by atoms with Gasteiger partial charge in [-0.2, -0.15) is 0 Å². The molecule has 0 aliphatic heterocycles. The average molecular weight is 301 g/mol. The molecule has 1 rings (SSSR count). The van der Waals surface area contributed by atoms with Gasteiger partial charge in [-0.05, 0) is 50.0 Å². The molecular formula is C16H29ClN2O. The Bertz CT molecular complexity index is 407. The number of halogens is 1. The minimum absolute atomic E-state index is 0. The third-order valence-electron chi connectivity index (χ3n) is 3.32. The number of ether oxygens (including phenoxy) is 1. The Balaban J connectivity index is 0.00000361. The second kappa shape index (κ2) is 8.50. The first-order chi connectivity index (χ1) is 8.84. The van der Waals surface area contributed by atoms with E-state index < -0.39 is 0 Å². The second-order valence-electron chi connectivity index (χ2n) is 6.22. The zero-order valence-corrected chi connectivity index (χ0v) is 14.2. The molecule has 0 saturated heterocycles. The van der Waals surface area contributed by atoms with Gasteiger partial charge in [0, 0.05) is 13.1 Å². The molecule has 0 aliphatic carbocycles. The Morgan fingerprint density at radius 2 is 1.90 bits per heavy atom. The zero-order valence-electron chi connectivity index (χ0n) is 13.4. The fraction of sp³-hybridized carbons (Fsp3) is 0.625. The number of hydrogen-bond acceptors (Lipinski definition) is 3. The van der Waals surface area contributed by atoms with Crippen LogP contribution in [0.4, 0.5) is 0 Å². The van der Waals surface area contributed by atoms with E-state index in [0.717, 1.165) is 18.8 Å². The van der Waals surface area contributed by atoms with E-state index >= 15 is 0 Å². The van der Waals surface area contributed by atoms with Crippen molar-refractivity contribution in [2.24, 2.45) is 11.1 Å². The van der Waals surface area contributed by atoms with Crippen LogP contribution in [0, 0.1) is 19.3 Å². The predicted octanol–water partition coefficient (Wildman–Crippen LogP) is 3.02. The highest BCUT2D eigenvalue weighted by Gasteiger charge is 2.17. The Labute approximate surface area is 129 Å². The second-order valence-corrected chi connectivity index (χ2v) is 6.22. The number of aryl methyl sites for hydroxylation is 2. The van der Waals surface area contributed by atoms with Crippen molar-refractivity contribution in [3.05, 3.63) is 29.3 Å². The van der Waals surface area contributed by atoms with Crippen molar-refractivity contribution in [1.29, 1.82) is 0 Å². The van der Waals surface area contributed by atoms with Gasteiger partial charge in [0.1, 0.15) is 12.4 Å². The fourth-order valence-corrected chi connectivity index (χ4v) is 2.05. The summed E-state index contributed by atoms with van der Waals surface area (Å²) in [4.78, 5) is 2.28. The lowest BCUT2D eigenvalue weighted by Gasteiger charge is -2.28. The van der Waals surface area contributed by atoms with Crippen LogP contribution in [0.1, 0.15) is 25.0 Å². The fourth-order valence-electron chi connectivity index (χ4n) is 2.05. The summed E-state index contributed by atoms with van der Waals surface area (Å²) in [6.07, 6.45) is 0. The molecule has 0 heterocycles. The van der Waals surface area contributed by atoms with E-state index in [-0.39, 0.29) is 17.8 Å². The number of rotatable bonds is 7. The predicted molar refractivity (Wildman–Crippen MR) is 89.0 cm³/mol. The van der Waals surface area contributed by atoms with Crippen LogP contribution in [0.25, 0.3) is 0 Å². The van der Waals surface area contributed by atoms with Crippen LogP contribution in [0.15, 0.2) is 18.2 Å². The molecule has 0 fully saturated rings. The first-order valence-electron chi connectivity index (χ1n) is 6.93. The van der Waals surface area contributed by atoms with Gasteiger partial charge in [0.15, 0.2) is 0 Å². The molecule has 3 nitrogen and oxygen atoms in total. The first kappa shape index (κ1) is 19.2. The van der Waals surface area contributed by atoms with Gasteiger partial charge < -0.3 is 15.4 Å².